The standard InChI is InChI=1S/C17H21N5O/c1-13-16(19-12-18-13)11-22-9-8-14(10-17(22)23)20-21(2)15-6-4-3-5-7-15/h3-7,12H,8-11H2,1-2H3,(H,18,19). The monoisotopic (exact) mass is 311 g/mol. The Hall–Kier alpha value is -2.63. The largest absolute Gasteiger partial charge is 0.348 e. The molecule has 3 rings (SSSR count). The lowest BCUT2D eigenvalue weighted by Gasteiger charge is -2.28. The van der Waals surface area contributed by atoms with Gasteiger partial charge in [-0.25, -0.2) is 4.98 Å². The Morgan fingerprint density at radius 1 is 1.35 bits per heavy atom. The van der Waals surface area contributed by atoms with Crippen LogP contribution in [-0.4, -0.2) is 40.1 Å². The molecule has 1 amide bonds. The Bertz CT molecular complexity index is 707. The van der Waals surface area contributed by atoms with E-state index in [0.717, 1.165) is 29.2 Å². The summed E-state index contributed by atoms with van der Waals surface area (Å²) in [6.45, 7) is 3.22. The zero-order valence-electron chi connectivity index (χ0n) is 13.5. The Kier molecular flexibility index (Phi) is 4.41. The molecule has 1 aliphatic rings. The van der Waals surface area contributed by atoms with Gasteiger partial charge in [-0.05, 0) is 19.1 Å². The van der Waals surface area contributed by atoms with E-state index in [2.05, 4.69) is 15.1 Å². The van der Waals surface area contributed by atoms with Crippen molar-refractivity contribution in [3.63, 3.8) is 0 Å². The summed E-state index contributed by atoms with van der Waals surface area (Å²) in [5, 5.41) is 6.42. The summed E-state index contributed by atoms with van der Waals surface area (Å²) in [5.41, 5.74) is 3.89. The van der Waals surface area contributed by atoms with Crippen LogP contribution in [0.1, 0.15) is 24.2 Å². The molecule has 1 fully saturated rings. The number of anilines is 1. The van der Waals surface area contributed by atoms with E-state index >= 15 is 0 Å². The van der Waals surface area contributed by atoms with Crippen molar-refractivity contribution in [3.05, 3.63) is 48.0 Å². The van der Waals surface area contributed by atoms with Gasteiger partial charge >= 0.3 is 0 Å². The molecule has 0 unspecified atom stereocenters. The molecule has 0 radical (unpaired) electrons. The van der Waals surface area contributed by atoms with E-state index in [1.807, 2.05) is 54.2 Å². The molecule has 6 heteroatoms. The number of aryl methyl sites for hydroxylation is 1. The average molecular weight is 311 g/mol. The number of hydrogen-bond donors (Lipinski definition) is 1. The third-order valence-electron chi connectivity index (χ3n) is 4.07. The number of aromatic nitrogens is 2. The number of benzene rings is 1. The molecule has 0 spiro atoms. The van der Waals surface area contributed by atoms with Crippen molar-refractivity contribution in [1.29, 1.82) is 0 Å². The van der Waals surface area contributed by atoms with E-state index < -0.39 is 0 Å². The van der Waals surface area contributed by atoms with Crippen LogP contribution >= 0.6 is 0 Å². The Labute approximate surface area is 135 Å². The number of likely N-dealkylation sites (tertiary alicyclic amines) is 1. The maximum absolute atomic E-state index is 12.3. The first-order chi connectivity index (χ1) is 11.1. The first kappa shape index (κ1) is 15.3. The first-order valence-electron chi connectivity index (χ1n) is 7.75. The van der Waals surface area contributed by atoms with E-state index in [1.165, 1.54) is 0 Å². The van der Waals surface area contributed by atoms with Crippen LogP contribution in [0.15, 0.2) is 41.8 Å². The number of hydrazone groups is 1. The third-order valence-corrected chi connectivity index (χ3v) is 4.07. The summed E-state index contributed by atoms with van der Waals surface area (Å²) >= 11 is 0. The van der Waals surface area contributed by atoms with Crippen LogP contribution < -0.4 is 5.01 Å². The van der Waals surface area contributed by atoms with Crippen LogP contribution in [0.2, 0.25) is 0 Å². The predicted octanol–water partition coefficient (Wildman–Crippen LogP) is 2.33. The summed E-state index contributed by atoms with van der Waals surface area (Å²) in [6.07, 6.45) is 2.84. The smallest absolute Gasteiger partial charge is 0.228 e. The van der Waals surface area contributed by atoms with Crippen LogP contribution in [0, 0.1) is 6.92 Å². The van der Waals surface area contributed by atoms with Gasteiger partial charge in [0.25, 0.3) is 0 Å². The first-order valence-corrected chi connectivity index (χ1v) is 7.75. The molecule has 0 atom stereocenters. The lowest BCUT2D eigenvalue weighted by Crippen LogP contribution is -2.39. The summed E-state index contributed by atoms with van der Waals surface area (Å²) in [6, 6.07) is 9.93. The van der Waals surface area contributed by atoms with Crippen molar-refractivity contribution in [2.45, 2.75) is 26.3 Å². The van der Waals surface area contributed by atoms with Crippen LogP contribution in [-0.2, 0) is 11.3 Å². The fourth-order valence-corrected chi connectivity index (χ4v) is 2.66. The maximum atomic E-state index is 12.3. The second-order valence-corrected chi connectivity index (χ2v) is 5.74. The summed E-state index contributed by atoms with van der Waals surface area (Å²) < 4.78 is 0. The molecule has 1 N–H and O–H groups in total. The van der Waals surface area contributed by atoms with Crippen molar-refractivity contribution >= 4 is 17.3 Å². The zero-order valence-corrected chi connectivity index (χ0v) is 13.5. The molecule has 1 aromatic heterocycles. The number of nitrogens with zero attached hydrogens (tertiary/aromatic N) is 4. The van der Waals surface area contributed by atoms with Crippen molar-refractivity contribution < 1.29 is 4.79 Å². The molecular formula is C17H21N5O. The molecule has 0 saturated carbocycles. The number of carbonyl (C=O) groups excluding carboxylic acids is 1. The lowest BCUT2D eigenvalue weighted by molar-refractivity contribution is -0.131. The summed E-state index contributed by atoms with van der Waals surface area (Å²) in [4.78, 5) is 21.5. The summed E-state index contributed by atoms with van der Waals surface area (Å²) in [5.74, 6) is 0.110. The van der Waals surface area contributed by atoms with Crippen LogP contribution in [0.25, 0.3) is 0 Å². The van der Waals surface area contributed by atoms with Gasteiger partial charge in [0.15, 0.2) is 0 Å². The Morgan fingerprint density at radius 3 is 2.78 bits per heavy atom. The number of H-pyrrole nitrogens is 1. The minimum atomic E-state index is 0.110. The number of piperidine rings is 1. The van der Waals surface area contributed by atoms with Crippen LogP contribution in [0.5, 0.6) is 0 Å². The van der Waals surface area contributed by atoms with Gasteiger partial charge in [0.2, 0.25) is 5.91 Å². The molecule has 1 aromatic carbocycles. The van der Waals surface area contributed by atoms with Crippen molar-refractivity contribution in [3.8, 4) is 0 Å². The Morgan fingerprint density at radius 2 is 2.13 bits per heavy atom. The molecule has 2 aromatic rings. The molecule has 1 aliphatic heterocycles. The molecule has 120 valence electrons. The van der Waals surface area contributed by atoms with E-state index in [9.17, 15) is 4.79 Å². The minimum Gasteiger partial charge on any atom is -0.348 e. The quantitative estimate of drug-likeness (QED) is 0.881. The Balaban J connectivity index is 1.63. The van der Waals surface area contributed by atoms with Crippen LogP contribution in [0.3, 0.4) is 0 Å². The van der Waals surface area contributed by atoms with E-state index in [0.29, 0.717) is 19.5 Å². The third kappa shape index (κ3) is 3.59. The summed E-state index contributed by atoms with van der Waals surface area (Å²) in [7, 11) is 1.91. The normalized spacial score (nSPS) is 16.9. The number of para-hydroxylation sites is 1. The van der Waals surface area contributed by atoms with Gasteiger partial charge in [-0.3, -0.25) is 9.80 Å². The van der Waals surface area contributed by atoms with Gasteiger partial charge in [-0.1, -0.05) is 18.2 Å². The highest BCUT2D eigenvalue weighted by Crippen LogP contribution is 2.16. The van der Waals surface area contributed by atoms with Gasteiger partial charge in [0.05, 0.1) is 30.7 Å². The highest BCUT2D eigenvalue weighted by Gasteiger charge is 2.24. The lowest BCUT2D eigenvalue weighted by atomic mass is 10.1. The number of amides is 1. The minimum absolute atomic E-state index is 0.110. The van der Waals surface area contributed by atoms with Gasteiger partial charge in [0.1, 0.15) is 0 Å². The number of hydrogen-bond acceptors (Lipinski definition) is 4. The number of aromatic amines is 1. The number of nitrogens with one attached hydrogen (secondary N) is 1. The number of carbonyl (C=O) groups is 1. The second kappa shape index (κ2) is 6.64. The molecule has 1 saturated heterocycles. The van der Waals surface area contributed by atoms with Gasteiger partial charge in [0, 0.05) is 31.4 Å². The van der Waals surface area contributed by atoms with E-state index in [-0.39, 0.29) is 5.91 Å². The van der Waals surface area contributed by atoms with Gasteiger partial charge in [-0.2, -0.15) is 5.10 Å². The molecule has 6 nitrogen and oxygen atoms in total. The van der Waals surface area contributed by atoms with Crippen molar-refractivity contribution in [1.82, 2.24) is 14.9 Å². The second-order valence-electron chi connectivity index (χ2n) is 5.74. The van der Waals surface area contributed by atoms with Crippen LogP contribution in [0.4, 0.5) is 5.69 Å². The maximum Gasteiger partial charge on any atom is 0.228 e. The highest BCUT2D eigenvalue weighted by atomic mass is 16.2. The average Bonchev–Trinajstić information content (AvgIpc) is 2.96. The molecule has 2 heterocycles. The predicted molar refractivity (Wildman–Crippen MR) is 90.3 cm³/mol. The topological polar surface area (TPSA) is 64.6 Å². The van der Waals surface area contributed by atoms with Crippen molar-refractivity contribution in [2.24, 2.45) is 5.10 Å². The van der Waals surface area contributed by atoms with Crippen molar-refractivity contribution in [2.75, 3.05) is 18.6 Å². The van der Waals surface area contributed by atoms with E-state index in [4.69, 9.17) is 0 Å². The highest BCUT2D eigenvalue weighted by molar-refractivity contribution is 6.03. The van der Waals surface area contributed by atoms with Gasteiger partial charge in [-0.15, -0.1) is 0 Å². The molecule has 0 bridgehead atoms. The molecular weight excluding hydrogens is 290 g/mol. The number of imidazole rings is 1. The molecule has 23 heavy (non-hydrogen) atoms. The number of rotatable bonds is 4. The van der Waals surface area contributed by atoms with Gasteiger partial charge < -0.3 is 9.88 Å². The fraction of sp³-hybridized carbons (Fsp3) is 0.353. The molecule has 0 aliphatic carbocycles. The van der Waals surface area contributed by atoms with E-state index in [1.54, 1.807) is 6.33 Å². The zero-order chi connectivity index (χ0) is 16.2. The fourth-order valence-electron chi connectivity index (χ4n) is 2.66. The SMILES string of the molecule is Cc1[nH]cnc1CN1CCC(=NN(C)c2ccccc2)CC1=O.